The maximum absolute atomic E-state index is 13.2. The molecule has 0 fully saturated rings. The number of fused-ring (bicyclic) bond motifs is 1. The molecule has 0 radical (unpaired) electrons. The number of non-ortho nitro benzene ring substituents is 1. The Morgan fingerprint density at radius 3 is 2.61 bits per heavy atom. The standard InChI is InChI=1S/C22H14ClN3O4S/c23-15-6-4-7-16(12-15)25-21(28)18-9-1-2-10-19(18)24-22(25)31-13-20(27)14-5-3-8-17(11-14)26(29)30/h1-12H,13H2. The summed E-state index contributed by atoms with van der Waals surface area (Å²) < 4.78 is 1.42. The van der Waals surface area contributed by atoms with Crippen molar-refractivity contribution in [1.29, 1.82) is 0 Å². The van der Waals surface area contributed by atoms with Crippen molar-refractivity contribution >= 4 is 45.7 Å². The lowest BCUT2D eigenvalue weighted by molar-refractivity contribution is -0.384. The van der Waals surface area contributed by atoms with Crippen LogP contribution in [0.3, 0.4) is 0 Å². The molecule has 4 rings (SSSR count). The fourth-order valence-electron chi connectivity index (χ4n) is 3.06. The molecule has 0 unspecified atom stereocenters. The Kier molecular flexibility index (Phi) is 5.83. The van der Waals surface area contributed by atoms with Crippen LogP contribution in [0.5, 0.6) is 0 Å². The minimum Gasteiger partial charge on any atom is -0.293 e. The number of carbonyl (C=O) groups excluding carboxylic acids is 1. The highest BCUT2D eigenvalue weighted by Crippen LogP contribution is 2.24. The van der Waals surface area contributed by atoms with Gasteiger partial charge in [0, 0.05) is 22.7 Å². The van der Waals surface area contributed by atoms with E-state index in [0.29, 0.717) is 26.8 Å². The van der Waals surface area contributed by atoms with E-state index < -0.39 is 4.92 Å². The predicted octanol–water partition coefficient (Wildman–Crippen LogP) is 4.92. The molecule has 0 aliphatic heterocycles. The second-order valence-corrected chi connectivity index (χ2v) is 7.93. The first-order valence-corrected chi connectivity index (χ1v) is 10.5. The number of rotatable bonds is 6. The summed E-state index contributed by atoms with van der Waals surface area (Å²) >= 11 is 7.20. The Morgan fingerprint density at radius 2 is 1.84 bits per heavy atom. The normalized spacial score (nSPS) is 10.9. The van der Waals surface area contributed by atoms with Crippen LogP contribution in [0, 0.1) is 10.1 Å². The molecule has 1 aromatic heterocycles. The molecule has 7 nitrogen and oxygen atoms in total. The number of carbonyl (C=O) groups is 1. The Bertz CT molecular complexity index is 1390. The number of para-hydroxylation sites is 1. The number of thioether (sulfide) groups is 1. The second-order valence-electron chi connectivity index (χ2n) is 6.55. The number of hydrogen-bond acceptors (Lipinski definition) is 6. The third-order valence-electron chi connectivity index (χ3n) is 4.52. The summed E-state index contributed by atoms with van der Waals surface area (Å²) in [6, 6.07) is 19.3. The van der Waals surface area contributed by atoms with Crippen molar-refractivity contribution in [3.05, 3.63) is 104 Å². The number of hydrogen-bond donors (Lipinski definition) is 0. The fourth-order valence-corrected chi connectivity index (χ4v) is 4.15. The van der Waals surface area contributed by atoms with Gasteiger partial charge in [-0.2, -0.15) is 0 Å². The van der Waals surface area contributed by atoms with E-state index in [4.69, 9.17) is 11.6 Å². The van der Waals surface area contributed by atoms with Crippen LogP contribution in [0.15, 0.2) is 82.7 Å². The number of Topliss-reactive ketones (excluding diaryl/α,β-unsaturated/α-hetero) is 1. The molecule has 0 aliphatic rings. The number of nitrogens with zero attached hydrogens (tertiary/aromatic N) is 3. The lowest BCUT2D eigenvalue weighted by atomic mass is 10.1. The summed E-state index contributed by atoms with van der Waals surface area (Å²) in [6.45, 7) is 0. The lowest BCUT2D eigenvalue weighted by Crippen LogP contribution is -2.22. The van der Waals surface area contributed by atoms with E-state index in [2.05, 4.69) is 4.98 Å². The summed E-state index contributed by atoms with van der Waals surface area (Å²) in [5, 5.41) is 12.2. The fraction of sp³-hybridized carbons (Fsp3) is 0.0455. The molecule has 0 saturated carbocycles. The van der Waals surface area contributed by atoms with Gasteiger partial charge in [-0.3, -0.25) is 24.3 Å². The van der Waals surface area contributed by atoms with E-state index in [9.17, 15) is 19.7 Å². The largest absolute Gasteiger partial charge is 0.293 e. The smallest absolute Gasteiger partial charge is 0.270 e. The molecule has 0 spiro atoms. The van der Waals surface area contributed by atoms with Crippen LogP contribution in [0.25, 0.3) is 16.6 Å². The van der Waals surface area contributed by atoms with Crippen molar-refractivity contribution in [3.8, 4) is 5.69 Å². The molecule has 9 heteroatoms. The second kappa shape index (κ2) is 8.71. The molecule has 0 aliphatic carbocycles. The Hall–Kier alpha value is -3.49. The van der Waals surface area contributed by atoms with Crippen LogP contribution in [0.1, 0.15) is 10.4 Å². The number of aromatic nitrogens is 2. The van der Waals surface area contributed by atoms with Crippen molar-refractivity contribution < 1.29 is 9.72 Å². The lowest BCUT2D eigenvalue weighted by Gasteiger charge is -2.13. The molecule has 1 heterocycles. The number of ketones is 1. The van der Waals surface area contributed by atoms with E-state index in [1.54, 1.807) is 48.5 Å². The van der Waals surface area contributed by atoms with Gasteiger partial charge in [0.05, 0.1) is 27.3 Å². The zero-order valence-electron chi connectivity index (χ0n) is 15.9. The van der Waals surface area contributed by atoms with Gasteiger partial charge < -0.3 is 0 Å². The van der Waals surface area contributed by atoms with Gasteiger partial charge in [0.1, 0.15) is 0 Å². The zero-order valence-corrected chi connectivity index (χ0v) is 17.5. The number of benzene rings is 3. The summed E-state index contributed by atoms with van der Waals surface area (Å²) in [5.74, 6) is -0.360. The summed E-state index contributed by atoms with van der Waals surface area (Å²) in [4.78, 5) is 40.9. The SMILES string of the molecule is O=C(CSc1nc2ccccc2c(=O)n1-c1cccc(Cl)c1)c1cccc([N+](=O)[O-])c1. The third-order valence-corrected chi connectivity index (χ3v) is 5.70. The maximum atomic E-state index is 13.2. The highest BCUT2D eigenvalue weighted by atomic mass is 35.5. The van der Waals surface area contributed by atoms with Crippen molar-refractivity contribution in [1.82, 2.24) is 9.55 Å². The van der Waals surface area contributed by atoms with Gasteiger partial charge >= 0.3 is 0 Å². The van der Waals surface area contributed by atoms with Gasteiger partial charge in [-0.1, -0.05) is 53.7 Å². The van der Waals surface area contributed by atoms with Crippen molar-refractivity contribution in [2.75, 3.05) is 5.75 Å². The third kappa shape index (κ3) is 4.35. The van der Waals surface area contributed by atoms with E-state index in [1.807, 2.05) is 0 Å². The topological polar surface area (TPSA) is 95.1 Å². The molecule has 4 aromatic rings. The van der Waals surface area contributed by atoms with Gasteiger partial charge in [0.15, 0.2) is 10.9 Å². The van der Waals surface area contributed by atoms with Gasteiger partial charge in [-0.05, 0) is 30.3 Å². The summed E-state index contributed by atoms with van der Waals surface area (Å²) in [5.41, 5.74) is 0.824. The first kappa shape index (κ1) is 20.8. The molecule has 154 valence electrons. The minimum absolute atomic E-state index is 0.0491. The number of nitro groups is 1. The van der Waals surface area contributed by atoms with Gasteiger partial charge in [-0.25, -0.2) is 4.98 Å². The van der Waals surface area contributed by atoms with Crippen LogP contribution in [0.4, 0.5) is 5.69 Å². The van der Waals surface area contributed by atoms with E-state index >= 15 is 0 Å². The van der Waals surface area contributed by atoms with E-state index in [-0.39, 0.29) is 28.3 Å². The first-order chi connectivity index (χ1) is 14.9. The molecule has 3 aromatic carbocycles. The molecule has 0 atom stereocenters. The Labute approximate surface area is 185 Å². The maximum Gasteiger partial charge on any atom is 0.270 e. The van der Waals surface area contributed by atoms with Crippen LogP contribution < -0.4 is 5.56 Å². The zero-order chi connectivity index (χ0) is 22.0. The van der Waals surface area contributed by atoms with Crippen molar-refractivity contribution in [3.63, 3.8) is 0 Å². The number of nitro benzene ring substituents is 1. The van der Waals surface area contributed by atoms with Crippen LogP contribution in [-0.2, 0) is 0 Å². The molecule has 0 bridgehead atoms. The molecular formula is C22H14ClN3O4S. The van der Waals surface area contributed by atoms with Crippen LogP contribution in [-0.4, -0.2) is 26.0 Å². The molecule has 0 N–H and O–H groups in total. The van der Waals surface area contributed by atoms with E-state index in [0.717, 1.165) is 11.8 Å². The van der Waals surface area contributed by atoms with Gasteiger partial charge in [-0.15, -0.1) is 0 Å². The van der Waals surface area contributed by atoms with Crippen LogP contribution >= 0.6 is 23.4 Å². The highest BCUT2D eigenvalue weighted by Gasteiger charge is 2.17. The molecular weight excluding hydrogens is 438 g/mol. The van der Waals surface area contributed by atoms with Gasteiger partial charge in [0.2, 0.25) is 0 Å². The Balaban J connectivity index is 1.74. The summed E-state index contributed by atoms with van der Waals surface area (Å²) in [7, 11) is 0. The Morgan fingerprint density at radius 1 is 1.06 bits per heavy atom. The molecule has 0 amide bonds. The minimum atomic E-state index is -0.550. The monoisotopic (exact) mass is 451 g/mol. The van der Waals surface area contributed by atoms with Gasteiger partial charge in [0.25, 0.3) is 11.2 Å². The summed E-state index contributed by atoms with van der Waals surface area (Å²) in [6.07, 6.45) is 0. The number of halogens is 1. The average Bonchev–Trinajstić information content (AvgIpc) is 2.77. The quantitative estimate of drug-likeness (QED) is 0.136. The average molecular weight is 452 g/mol. The van der Waals surface area contributed by atoms with Crippen LogP contribution in [0.2, 0.25) is 5.02 Å². The van der Waals surface area contributed by atoms with Crippen molar-refractivity contribution in [2.24, 2.45) is 0 Å². The van der Waals surface area contributed by atoms with Crippen molar-refractivity contribution in [2.45, 2.75) is 5.16 Å². The predicted molar refractivity (Wildman–Crippen MR) is 121 cm³/mol. The highest BCUT2D eigenvalue weighted by molar-refractivity contribution is 7.99. The first-order valence-electron chi connectivity index (χ1n) is 9.12. The molecule has 0 saturated heterocycles. The molecule has 31 heavy (non-hydrogen) atoms. The van der Waals surface area contributed by atoms with E-state index in [1.165, 1.54) is 28.8 Å².